The zero-order valence-electron chi connectivity index (χ0n) is 18.8. The zero-order chi connectivity index (χ0) is 24.1. The number of fused-ring (bicyclic) bond motifs is 1. The number of halogens is 1. The third-order valence-electron chi connectivity index (χ3n) is 5.62. The molecular formula is C27H26FN3O3. The number of carboxylic acid groups (broad SMARTS) is 1. The SMILES string of the molecule is CCNCc1ccc(NC(=C2C(=O)Nc3cc(F)ccc32)c2cccc(CCC(=O)O)c2)cc1. The van der Waals surface area contributed by atoms with E-state index in [1.54, 1.807) is 6.07 Å². The fourth-order valence-corrected chi connectivity index (χ4v) is 3.93. The molecule has 3 aromatic carbocycles. The Morgan fingerprint density at radius 1 is 1.03 bits per heavy atom. The van der Waals surface area contributed by atoms with E-state index >= 15 is 0 Å². The second kappa shape index (κ2) is 10.3. The van der Waals surface area contributed by atoms with Gasteiger partial charge in [0.25, 0.3) is 5.91 Å². The maximum atomic E-state index is 13.8. The second-order valence-corrected chi connectivity index (χ2v) is 8.09. The Morgan fingerprint density at radius 2 is 1.82 bits per heavy atom. The van der Waals surface area contributed by atoms with Crippen molar-refractivity contribution in [2.24, 2.45) is 0 Å². The van der Waals surface area contributed by atoms with Crippen LogP contribution in [0.1, 0.15) is 35.6 Å². The third kappa shape index (κ3) is 5.32. The van der Waals surface area contributed by atoms with Gasteiger partial charge in [-0.3, -0.25) is 9.59 Å². The van der Waals surface area contributed by atoms with Crippen LogP contribution >= 0.6 is 0 Å². The molecule has 1 heterocycles. The molecular weight excluding hydrogens is 433 g/mol. The number of nitrogens with one attached hydrogen (secondary N) is 3. The fourth-order valence-electron chi connectivity index (χ4n) is 3.93. The van der Waals surface area contributed by atoms with Crippen LogP contribution in [0.4, 0.5) is 15.8 Å². The molecule has 0 spiro atoms. The summed E-state index contributed by atoms with van der Waals surface area (Å²) in [6.07, 6.45) is 0.386. The van der Waals surface area contributed by atoms with Crippen LogP contribution < -0.4 is 16.0 Å². The number of carbonyl (C=O) groups is 2. The first-order valence-electron chi connectivity index (χ1n) is 11.2. The molecule has 4 N–H and O–H groups in total. The van der Waals surface area contributed by atoms with E-state index in [2.05, 4.69) is 22.9 Å². The Kier molecular flexibility index (Phi) is 7.04. The van der Waals surface area contributed by atoms with Crippen molar-refractivity contribution in [3.63, 3.8) is 0 Å². The highest BCUT2D eigenvalue weighted by Crippen LogP contribution is 2.38. The van der Waals surface area contributed by atoms with Crippen molar-refractivity contribution in [1.29, 1.82) is 0 Å². The standard InChI is InChI=1S/C27H26FN3O3/c1-2-29-16-18-6-10-21(11-7-18)30-26(19-5-3-4-17(14-19)8-13-24(32)33)25-22-12-9-20(28)15-23(22)31-27(25)34/h3-7,9-12,14-15,29-30H,2,8,13,16H2,1H3,(H,31,34)(H,32,33). The van der Waals surface area contributed by atoms with E-state index in [9.17, 15) is 14.0 Å². The number of aliphatic carboxylic acids is 1. The molecule has 1 aliphatic heterocycles. The lowest BCUT2D eigenvalue weighted by molar-refractivity contribution is -0.137. The van der Waals surface area contributed by atoms with Gasteiger partial charge in [-0.25, -0.2) is 4.39 Å². The zero-order valence-corrected chi connectivity index (χ0v) is 18.8. The van der Waals surface area contributed by atoms with Crippen molar-refractivity contribution in [2.45, 2.75) is 26.3 Å². The highest BCUT2D eigenvalue weighted by molar-refractivity contribution is 6.37. The summed E-state index contributed by atoms with van der Waals surface area (Å²) in [5.74, 6) is -1.63. The minimum absolute atomic E-state index is 0.0125. The van der Waals surface area contributed by atoms with Crippen LogP contribution in [0.3, 0.4) is 0 Å². The van der Waals surface area contributed by atoms with E-state index < -0.39 is 11.8 Å². The first-order valence-corrected chi connectivity index (χ1v) is 11.2. The molecule has 7 heteroatoms. The molecule has 3 aromatic rings. The Balaban J connectivity index is 1.77. The summed E-state index contributed by atoms with van der Waals surface area (Å²) in [5.41, 5.74) is 5.51. The summed E-state index contributed by atoms with van der Waals surface area (Å²) in [5, 5.41) is 18.5. The van der Waals surface area contributed by atoms with Crippen LogP contribution in [0.5, 0.6) is 0 Å². The molecule has 4 rings (SSSR count). The summed E-state index contributed by atoms with van der Waals surface area (Å²) < 4.78 is 13.8. The normalized spacial score (nSPS) is 13.9. The van der Waals surface area contributed by atoms with Gasteiger partial charge >= 0.3 is 5.97 Å². The van der Waals surface area contributed by atoms with Crippen molar-refractivity contribution >= 4 is 34.5 Å². The summed E-state index contributed by atoms with van der Waals surface area (Å²) in [6, 6.07) is 19.6. The minimum atomic E-state index is -0.870. The number of carboxylic acids is 1. The lowest BCUT2D eigenvalue weighted by Crippen LogP contribution is -2.12. The number of anilines is 2. The second-order valence-electron chi connectivity index (χ2n) is 8.09. The first-order chi connectivity index (χ1) is 16.4. The van der Waals surface area contributed by atoms with Gasteiger partial charge in [0, 0.05) is 24.2 Å². The molecule has 0 saturated heterocycles. The van der Waals surface area contributed by atoms with Crippen molar-refractivity contribution < 1.29 is 19.1 Å². The molecule has 1 amide bonds. The maximum Gasteiger partial charge on any atom is 0.303 e. The lowest BCUT2D eigenvalue weighted by Gasteiger charge is -2.16. The predicted molar refractivity (Wildman–Crippen MR) is 132 cm³/mol. The van der Waals surface area contributed by atoms with E-state index in [4.69, 9.17) is 5.11 Å². The van der Waals surface area contributed by atoms with Crippen molar-refractivity contribution in [3.8, 4) is 0 Å². The van der Waals surface area contributed by atoms with Crippen LogP contribution in [0.15, 0.2) is 66.7 Å². The third-order valence-corrected chi connectivity index (χ3v) is 5.62. The van der Waals surface area contributed by atoms with Gasteiger partial charge < -0.3 is 21.1 Å². The van der Waals surface area contributed by atoms with E-state index in [1.807, 2.05) is 48.5 Å². The van der Waals surface area contributed by atoms with Gasteiger partial charge in [0.05, 0.1) is 17.0 Å². The molecule has 0 aliphatic carbocycles. The van der Waals surface area contributed by atoms with Crippen molar-refractivity contribution in [3.05, 3.63) is 94.8 Å². The van der Waals surface area contributed by atoms with Gasteiger partial charge in [0.1, 0.15) is 5.82 Å². The van der Waals surface area contributed by atoms with Gasteiger partial charge in [-0.15, -0.1) is 0 Å². The van der Waals surface area contributed by atoms with Gasteiger partial charge in [-0.2, -0.15) is 0 Å². The highest BCUT2D eigenvalue weighted by Gasteiger charge is 2.29. The lowest BCUT2D eigenvalue weighted by atomic mass is 9.97. The molecule has 174 valence electrons. The Hall–Kier alpha value is -3.97. The minimum Gasteiger partial charge on any atom is -0.481 e. The fraction of sp³-hybridized carbons (Fsp3) is 0.185. The summed E-state index contributed by atoms with van der Waals surface area (Å²) >= 11 is 0. The molecule has 0 bridgehead atoms. The molecule has 0 saturated carbocycles. The Bertz CT molecular complexity index is 1250. The Morgan fingerprint density at radius 3 is 2.56 bits per heavy atom. The average Bonchev–Trinajstić information content (AvgIpc) is 3.15. The predicted octanol–water partition coefficient (Wildman–Crippen LogP) is 4.88. The van der Waals surface area contributed by atoms with E-state index in [1.165, 1.54) is 12.1 Å². The number of benzene rings is 3. The van der Waals surface area contributed by atoms with Crippen LogP contribution in [-0.2, 0) is 22.6 Å². The van der Waals surface area contributed by atoms with Crippen LogP contribution in [0.25, 0.3) is 11.3 Å². The largest absolute Gasteiger partial charge is 0.481 e. The number of aryl methyl sites for hydroxylation is 1. The van der Waals surface area contributed by atoms with Crippen molar-refractivity contribution in [2.75, 3.05) is 17.2 Å². The topological polar surface area (TPSA) is 90.5 Å². The first kappa shape index (κ1) is 23.2. The molecule has 6 nitrogen and oxygen atoms in total. The summed E-state index contributed by atoms with van der Waals surface area (Å²) in [6.45, 7) is 3.69. The number of carbonyl (C=O) groups excluding carboxylic acids is 1. The summed E-state index contributed by atoms with van der Waals surface area (Å²) in [4.78, 5) is 24.0. The molecule has 0 radical (unpaired) electrons. The maximum absolute atomic E-state index is 13.8. The highest BCUT2D eigenvalue weighted by atomic mass is 19.1. The van der Waals surface area contributed by atoms with Crippen molar-refractivity contribution in [1.82, 2.24) is 5.32 Å². The quantitative estimate of drug-likeness (QED) is 0.342. The number of hydrogen-bond acceptors (Lipinski definition) is 4. The summed E-state index contributed by atoms with van der Waals surface area (Å²) in [7, 11) is 0. The van der Waals surface area contributed by atoms with Crippen LogP contribution in [-0.4, -0.2) is 23.5 Å². The van der Waals surface area contributed by atoms with Crippen LogP contribution in [0.2, 0.25) is 0 Å². The number of amides is 1. The molecule has 34 heavy (non-hydrogen) atoms. The monoisotopic (exact) mass is 459 g/mol. The Labute approximate surface area is 197 Å². The van der Waals surface area contributed by atoms with Gasteiger partial charge in [0.15, 0.2) is 0 Å². The van der Waals surface area contributed by atoms with E-state index in [0.717, 1.165) is 35.5 Å². The van der Waals surface area contributed by atoms with Gasteiger partial charge in [-0.05, 0) is 66.1 Å². The molecule has 1 aliphatic rings. The molecule has 0 unspecified atom stereocenters. The van der Waals surface area contributed by atoms with Gasteiger partial charge in [0.2, 0.25) is 0 Å². The van der Waals surface area contributed by atoms with Gasteiger partial charge in [-0.1, -0.05) is 37.3 Å². The number of rotatable bonds is 9. The molecule has 0 fully saturated rings. The molecule has 0 aromatic heterocycles. The molecule has 0 atom stereocenters. The number of hydrogen-bond donors (Lipinski definition) is 4. The average molecular weight is 460 g/mol. The smallest absolute Gasteiger partial charge is 0.303 e. The van der Waals surface area contributed by atoms with E-state index in [-0.39, 0.29) is 12.3 Å². The van der Waals surface area contributed by atoms with Crippen LogP contribution in [0, 0.1) is 5.82 Å². The van der Waals surface area contributed by atoms with E-state index in [0.29, 0.717) is 28.9 Å².